The molecule has 90 valence electrons. The smallest absolute Gasteiger partial charge is 0.0705 e. The fourth-order valence-electron chi connectivity index (χ4n) is 2.76. The Balaban J connectivity index is 1.86. The van der Waals surface area contributed by atoms with Crippen molar-refractivity contribution in [1.82, 2.24) is 4.98 Å². The number of allylic oxidation sites excluding steroid dienone is 1. The molecule has 1 heteroatoms. The number of fused-ring (bicyclic) bond motifs is 2. The Kier molecular flexibility index (Phi) is 2.25. The fourth-order valence-corrected chi connectivity index (χ4v) is 2.76. The number of benzene rings is 2. The molecular formula is C18H13N. The van der Waals surface area contributed by atoms with E-state index in [4.69, 9.17) is 4.98 Å². The Labute approximate surface area is 112 Å². The number of hydrogen-bond donors (Lipinski definition) is 0. The van der Waals surface area contributed by atoms with E-state index in [0.29, 0.717) is 5.92 Å². The van der Waals surface area contributed by atoms with Crippen LogP contribution in [0.25, 0.3) is 17.0 Å². The van der Waals surface area contributed by atoms with Crippen LogP contribution in [0.4, 0.5) is 0 Å². The molecule has 0 fully saturated rings. The van der Waals surface area contributed by atoms with E-state index in [1.165, 1.54) is 16.5 Å². The summed E-state index contributed by atoms with van der Waals surface area (Å²) in [6.45, 7) is 0. The molecule has 1 aliphatic rings. The van der Waals surface area contributed by atoms with Crippen LogP contribution in [0.3, 0.4) is 0 Å². The molecule has 0 bridgehead atoms. The average Bonchev–Trinajstić information content (AvgIpc) is 2.91. The summed E-state index contributed by atoms with van der Waals surface area (Å²) in [6.07, 6.45) is 4.43. The standard InChI is InChI=1S/C18H13N/c1-3-7-15-13(5-1)9-11-16(15)18-12-10-14-6-2-4-8-17(14)19-18/h1-12,16H. The van der Waals surface area contributed by atoms with Crippen LogP contribution in [-0.2, 0) is 0 Å². The van der Waals surface area contributed by atoms with Crippen molar-refractivity contribution in [3.05, 3.63) is 83.6 Å². The van der Waals surface area contributed by atoms with E-state index in [2.05, 4.69) is 66.7 Å². The van der Waals surface area contributed by atoms with Crippen molar-refractivity contribution >= 4 is 17.0 Å². The summed E-state index contributed by atoms with van der Waals surface area (Å²) < 4.78 is 0. The Bertz CT molecular complexity index is 786. The molecule has 0 spiro atoms. The minimum absolute atomic E-state index is 0.292. The van der Waals surface area contributed by atoms with E-state index in [0.717, 1.165) is 11.2 Å². The topological polar surface area (TPSA) is 12.9 Å². The van der Waals surface area contributed by atoms with Gasteiger partial charge >= 0.3 is 0 Å². The highest BCUT2D eigenvalue weighted by Gasteiger charge is 2.19. The molecule has 2 aromatic carbocycles. The summed E-state index contributed by atoms with van der Waals surface area (Å²) >= 11 is 0. The first-order chi connectivity index (χ1) is 9.42. The van der Waals surface area contributed by atoms with Crippen LogP contribution in [0.5, 0.6) is 0 Å². The lowest BCUT2D eigenvalue weighted by Crippen LogP contribution is -1.98. The molecule has 0 radical (unpaired) electrons. The van der Waals surface area contributed by atoms with Crippen LogP contribution in [-0.4, -0.2) is 4.98 Å². The van der Waals surface area contributed by atoms with Gasteiger partial charge in [0, 0.05) is 11.3 Å². The highest BCUT2D eigenvalue weighted by molar-refractivity contribution is 5.79. The van der Waals surface area contributed by atoms with Gasteiger partial charge in [-0.2, -0.15) is 0 Å². The lowest BCUT2D eigenvalue weighted by atomic mass is 9.96. The van der Waals surface area contributed by atoms with E-state index in [-0.39, 0.29) is 0 Å². The average molecular weight is 243 g/mol. The highest BCUT2D eigenvalue weighted by Crippen LogP contribution is 2.34. The largest absolute Gasteiger partial charge is 0.252 e. The molecular weight excluding hydrogens is 230 g/mol. The van der Waals surface area contributed by atoms with Crippen LogP contribution < -0.4 is 0 Å². The zero-order valence-corrected chi connectivity index (χ0v) is 10.5. The Morgan fingerprint density at radius 3 is 2.63 bits per heavy atom. The summed E-state index contributed by atoms with van der Waals surface area (Å²) in [5.74, 6) is 0.292. The SMILES string of the molecule is C1=CC(c2ccc3ccccc3n2)c2ccccc21. The van der Waals surface area contributed by atoms with Crippen LogP contribution in [0.2, 0.25) is 0 Å². The van der Waals surface area contributed by atoms with Crippen molar-refractivity contribution in [2.24, 2.45) is 0 Å². The predicted octanol–water partition coefficient (Wildman–Crippen LogP) is 4.39. The van der Waals surface area contributed by atoms with Crippen LogP contribution in [0, 0.1) is 0 Å². The molecule has 0 N–H and O–H groups in total. The van der Waals surface area contributed by atoms with Gasteiger partial charge < -0.3 is 0 Å². The number of hydrogen-bond acceptors (Lipinski definition) is 1. The lowest BCUT2D eigenvalue weighted by Gasteiger charge is -2.11. The molecule has 1 aliphatic carbocycles. The van der Waals surface area contributed by atoms with Crippen LogP contribution >= 0.6 is 0 Å². The quantitative estimate of drug-likeness (QED) is 0.617. The molecule has 1 nitrogen and oxygen atoms in total. The molecule has 1 heterocycles. The van der Waals surface area contributed by atoms with Gasteiger partial charge in [-0.15, -0.1) is 0 Å². The fraction of sp³-hybridized carbons (Fsp3) is 0.0556. The second-order valence-electron chi connectivity index (χ2n) is 4.89. The number of nitrogens with zero attached hydrogens (tertiary/aromatic N) is 1. The van der Waals surface area contributed by atoms with Crippen molar-refractivity contribution in [2.45, 2.75) is 5.92 Å². The molecule has 19 heavy (non-hydrogen) atoms. The number of pyridine rings is 1. The maximum atomic E-state index is 4.80. The third-order valence-corrected chi connectivity index (χ3v) is 3.74. The monoisotopic (exact) mass is 243 g/mol. The van der Waals surface area contributed by atoms with Gasteiger partial charge in [-0.3, -0.25) is 4.98 Å². The van der Waals surface area contributed by atoms with Gasteiger partial charge in [-0.25, -0.2) is 0 Å². The maximum absolute atomic E-state index is 4.80. The van der Waals surface area contributed by atoms with Crippen molar-refractivity contribution < 1.29 is 0 Å². The maximum Gasteiger partial charge on any atom is 0.0705 e. The van der Waals surface area contributed by atoms with Gasteiger partial charge in [0.15, 0.2) is 0 Å². The summed E-state index contributed by atoms with van der Waals surface area (Å²) in [7, 11) is 0. The first-order valence-corrected chi connectivity index (χ1v) is 6.55. The van der Waals surface area contributed by atoms with Gasteiger partial charge in [0.1, 0.15) is 0 Å². The van der Waals surface area contributed by atoms with Crippen molar-refractivity contribution in [3.8, 4) is 0 Å². The van der Waals surface area contributed by atoms with Gasteiger partial charge in [0.2, 0.25) is 0 Å². The second kappa shape index (κ2) is 4.06. The summed E-state index contributed by atoms with van der Waals surface area (Å²) in [6, 6.07) is 21.1. The normalized spacial score (nSPS) is 16.7. The molecule has 3 aromatic rings. The molecule has 0 saturated carbocycles. The van der Waals surface area contributed by atoms with Crippen LogP contribution in [0.1, 0.15) is 22.7 Å². The summed E-state index contributed by atoms with van der Waals surface area (Å²) in [4.78, 5) is 4.80. The Morgan fingerprint density at radius 1 is 0.789 bits per heavy atom. The zero-order chi connectivity index (χ0) is 12.7. The minimum Gasteiger partial charge on any atom is -0.252 e. The van der Waals surface area contributed by atoms with Gasteiger partial charge in [-0.05, 0) is 23.3 Å². The van der Waals surface area contributed by atoms with E-state index in [1.807, 2.05) is 6.07 Å². The lowest BCUT2D eigenvalue weighted by molar-refractivity contribution is 0.986. The van der Waals surface area contributed by atoms with Gasteiger partial charge in [0.05, 0.1) is 11.2 Å². The summed E-state index contributed by atoms with van der Waals surface area (Å²) in [5, 5.41) is 1.20. The van der Waals surface area contributed by atoms with Gasteiger partial charge in [-0.1, -0.05) is 60.7 Å². The first kappa shape index (κ1) is 10.5. The predicted molar refractivity (Wildman–Crippen MR) is 79.1 cm³/mol. The molecule has 0 amide bonds. The third kappa shape index (κ3) is 1.66. The summed E-state index contributed by atoms with van der Waals surface area (Å²) in [5.41, 5.74) is 4.85. The second-order valence-corrected chi connectivity index (χ2v) is 4.89. The molecule has 1 unspecified atom stereocenters. The number of aromatic nitrogens is 1. The molecule has 1 aromatic heterocycles. The van der Waals surface area contributed by atoms with Crippen molar-refractivity contribution in [3.63, 3.8) is 0 Å². The van der Waals surface area contributed by atoms with Gasteiger partial charge in [0.25, 0.3) is 0 Å². The van der Waals surface area contributed by atoms with Crippen LogP contribution in [0.15, 0.2) is 66.7 Å². The first-order valence-electron chi connectivity index (χ1n) is 6.55. The Hall–Kier alpha value is -2.41. The molecule has 4 rings (SSSR count). The van der Waals surface area contributed by atoms with Crippen molar-refractivity contribution in [2.75, 3.05) is 0 Å². The third-order valence-electron chi connectivity index (χ3n) is 3.74. The Morgan fingerprint density at radius 2 is 1.63 bits per heavy atom. The number of para-hydroxylation sites is 1. The molecule has 0 saturated heterocycles. The van der Waals surface area contributed by atoms with E-state index in [9.17, 15) is 0 Å². The zero-order valence-electron chi connectivity index (χ0n) is 10.5. The molecule has 1 atom stereocenters. The minimum atomic E-state index is 0.292. The van der Waals surface area contributed by atoms with E-state index in [1.54, 1.807) is 0 Å². The van der Waals surface area contributed by atoms with E-state index < -0.39 is 0 Å². The highest BCUT2D eigenvalue weighted by atomic mass is 14.7. The van der Waals surface area contributed by atoms with E-state index >= 15 is 0 Å². The number of rotatable bonds is 1. The van der Waals surface area contributed by atoms with Crippen molar-refractivity contribution in [1.29, 1.82) is 0 Å². The molecule has 0 aliphatic heterocycles.